The molecule has 1 aliphatic carbocycles. The van der Waals surface area contributed by atoms with Crippen LogP contribution in [0.1, 0.15) is 93.3 Å². The van der Waals surface area contributed by atoms with E-state index < -0.39 is 0 Å². The van der Waals surface area contributed by atoms with Crippen molar-refractivity contribution in [3.8, 4) is 5.75 Å². The minimum atomic E-state index is -0.221. The number of hydrogen-bond donors (Lipinski definition) is 0. The lowest BCUT2D eigenvalue weighted by molar-refractivity contribution is -0.143. The Kier molecular flexibility index (Phi) is 7.63. The minimum Gasteiger partial charge on any atom is -0.489 e. The second-order valence-corrected chi connectivity index (χ2v) is 10.1. The van der Waals surface area contributed by atoms with Crippen molar-refractivity contribution in [2.45, 2.75) is 77.2 Å². The van der Waals surface area contributed by atoms with Crippen LogP contribution in [-0.4, -0.2) is 22.1 Å². The lowest BCUT2D eigenvalue weighted by Crippen LogP contribution is -2.28. The van der Waals surface area contributed by atoms with Crippen molar-refractivity contribution in [3.63, 3.8) is 0 Å². The Bertz CT molecular complexity index is 1150. The number of fused-ring (bicyclic) bond motifs is 1. The number of hydrogen-bond acceptors (Lipinski definition) is 4. The fourth-order valence-corrected chi connectivity index (χ4v) is 5.26. The summed E-state index contributed by atoms with van der Waals surface area (Å²) in [5.41, 5.74) is 5.46. The summed E-state index contributed by atoms with van der Waals surface area (Å²) in [7, 11) is 1.95. The third-order valence-electron chi connectivity index (χ3n) is 7.74. The highest BCUT2D eigenvalue weighted by Gasteiger charge is 2.33. The number of benzene rings is 2. The van der Waals surface area contributed by atoms with Crippen LogP contribution in [0, 0.1) is 0 Å². The van der Waals surface area contributed by atoms with Crippen LogP contribution >= 0.6 is 0 Å². The average Bonchev–Trinajstić information content (AvgIpc) is 3.29. The molecule has 2 aromatic carbocycles. The van der Waals surface area contributed by atoms with E-state index >= 15 is 0 Å². The Balaban J connectivity index is 1.49. The number of carbonyl (C=O) groups excluding carboxylic acids is 1. The maximum absolute atomic E-state index is 12.3. The average molecular weight is 475 g/mol. The van der Waals surface area contributed by atoms with Crippen molar-refractivity contribution in [2.24, 2.45) is 7.05 Å². The second-order valence-electron chi connectivity index (χ2n) is 10.1. The summed E-state index contributed by atoms with van der Waals surface area (Å²) in [4.78, 5) is 16.8. The normalized spacial score (nSPS) is 20.2. The van der Waals surface area contributed by atoms with Crippen molar-refractivity contribution in [1.29, 1.82) is 0 Å². The van der Waals surface area contributed by atoms with E-state index in [0.29, 0.717) is 19.1 Å². The van der Waals surface area contributed by atoms with Gasteiger partial charge in [0, 0.05) is 19.4 Å². The van der Waals surface area contributed by atoms with E-state index in [1.807, 2.05) is 49.0 Å². The molecule has 1 aliphatic rings. The molecule has 5 heteroatoms. The smallest absolute Gasteiger partial charge is 0.306 e. The van der Waals surface area contributed by atoms with E-state index in [2.05, 4.69) is 44.0 Å². The number of ether oxygens (including phenoxy) is 2. The number of esters is 1. The summed E-state index contributed by atoms with van der Waals surface area (Å²) < 4.78 is 13.3. The number of rotatable bonds is 9. The molecule has 0 N–H and O–H groups in total. The van der Waals surface area contributed by atoms with Gasteiger partial charge in [-0.1, -0.05) is 51.1 Å². The van der Waals surface area contributed by atoms with Gasteiger partial charge in [-0.2, -0.15) is 0 Å². The van der Waals surface area contributed by atoms with Crippen LogP contribution < -0.4 is 4.74 Å². The molecule has 0 radical (unpaired) electrons. The molecule has 0 saturated carbocycles. The van der Waals surface area contributed by atoms with Gasteiger partial charge in [-0.25, -0.2) is 4.98 Å². The summed E-state index contributed by atoms with van der Waals surface area (Å²) in [5, 5.41) is 0. The van der Waals surface area contributed by atoms with E-state index in [4.69, 9.17) is 9.47 Å². The van der Waals surface area contributed by atoms with Crippen molar-refractivity contribution in [3.05, 3.63) is 82.9 Å². The van der Waals surface area contributed by atoms with Gasteiger partial charge in [0.15, 0.2) is 0 Å². The van der Waals surface area contributed by atoms with Crippen LogP contribution in [0.4, 0.5) is 0 Å². The zero-order chi connectivity index (χ0) is 25.0. The van der Waals surface area contributed by atoms with Crippen molar-refractivity contribution in [1.82, 2.24) is 9.55 Å². The van der Waals surface area contributed by atoms with Crippen LogP contribution in [0.2, 0.25) is 0 Å². The largest absolute Gasteiger partial charge is 0.489 e. The molecule has 35 heavy (non-hydrogen) atoms. The summed E-state index contributed by atoms with van der Waals surface area (Å²) >= 11 is 0. The molecule has 4 rings (SSSR count). The Morgan fingerprint density at radius 1 is 1.20 bits per heavy atom. The van der Waals surface area contributed by atoms with Gasteiger partial charge in [-0.3, -0.25) is 4.79 Å². The standard InChI is InChI=1S/C30H38N2O3/c1-6-30(4)15-14-21(3)25-13-8-22(18-27(25)30)20-35-24-11-9-23(10-12-24)26(19-28(33)34-7-2)29-31-16-17-32(29)5/h8-13,16-18,21,26H,6-7,14-15,19-20H2,1-5H3. The first-order valence-corrected chi connectivity index (χ1v) is 12.8. The van der Waals surface area contributed by atoms with Crippen LogP contribution in [-0.2, 0) is 28.6 Å². The minimum absolute atomic E-state index is 0.169. The first-order chi connectivity index (χ1) is 16.8. The lowest BCUT2D eigenvalue weighted by atomic mass is 9.66. The van der Waals surface area contributed by atoms with Crippen LogP contribution in [0.15, 0.2) is 54.9 Å². The van der Waals surface area contributed by atoms with Gasteiger partial charge < -0.3 is 14.0 Å². The molecule has 5 nitrogen and oxygen atoms in total. The molecular weight excluding hydrogens is 436 g/mol. The molecule has 3 atom stereocenters. The molecule has 0 fully saturated rings. The number of nitrogens with zero attached hydrogens (tertiary/aromatic N) is 2. The van der Waals surface area contributed by atoms with Crippen LogP contribution in [0.3, 0.4) is 0 Å². The van der Waals surface area contributed by atoms with E-state index in [0.717, 1.165) is 23.6 Å². The predicted octanol–water partition coefficient (Wildman–Crippen LogP) is 6.65. The Morgan fingerprint density at radius 3 is 2.63 bits per heavy atom. The van der Waals surface area contributed by atoms with Gasteiger partial charge in [0.2, 0.25) is 0 Å². The molecule has 0 amide bonds. The third kappa shape index (κ3) is 5.44. The van der Waals surface area contributed by atoms with E-state index in [1.54, 1.807) is 6.20 Å². The van der Waals surface area contributed by atoms with E-state index in [1.165, 1.54) is 29.5 Å². The number of carbonyl (C=O) groups is 1. The second kappa shape index (κ2) is 10.7. The molecular formula is C30H38N2O3. The number of aromatic nitrogens is 2. The van der Waals surface area contributed by atoms with Crippen molar-refractivity contribution in [2.75, 3.05) is 6.61 Å². The lowest BCUT2D eigenvalue weighted by Gasteiger charge is -2.38. The van der Waals surface area contributed by atoms with Crippen molar-refractivity contribution >= 4 is 5.97 Å². The molecule has 0 bridgehead atoms. The molecule has 1 heterocycles. The Morgan fingerprint density at radius 2 is 1.97 bits per heavy atom. The van der Waals surface area contributed by atoms with Gasteiger partial charge >= 0.3 is 5.97 Å². The van der Waals surface area contributed by atoms with Gasteiger partial charge in [-0.05, 0) is 71.9 Å². The first-order valence-electron chi connectivity index (χ1n) is 12.8. The van der Waals surface area contributed by atoms with Crippen LogP contribution in [0.5, 0.6) is 5.75 Å². The van der Waals surface area contributed by atoms with Gasteiger partial charge in [-0.15, -0.1) is 0 Å². The van der Waals surface area contributed by atoms with Gasteiger partial charge in [0.05, 0.1) is 18.9 Å². The summed E-state index contributed by atoms with van der Waals surface area (Å²) in [6, 6.07) is 14.9. The topological polar surface area (TPSA) is 53.4 Å². The Labute approximate surface area is 209 Å². The number of imidazole rings is 1. The zero-order valence-corrected chi connectivity index (χ0v) is 21.7. The Hall–Kier alpha value is -3.08. The molecule has 1 aromatic heterocycles. The summed E-state index contributed by atoms with van der Waals surface area (Å²) in [6.07, 6.45) is 7.56. The van der Waals surface area contributed by atoms with Crippen molar-refractivity contribution < 1.29 is 14.3 Å². The molecule has 3 aromatic rings. The fraction of sp³-hybridized carbons (Fsp3) is 0.467. The zero-order valence-electron chi connectivity index (χ0n) is 21.7. The fourth-order valence-electron chi connectivity index (χ4n) is 5.26. The molecule has 3 unspecified atom stereocenters. The third-order valence-corrected chi connectivity index (χ3v) is 7.74. The SMILES string of the molecule is CCOC(=O)CC(c1ccc(OCc2ccc3c(c2)C(C)(CC)CCC3C)cc1)c1nccn1C. The molecule has 0 saturated heterocycles. The molecule has 0 aliphatic heterocycles. The summed E-state index contributed by atoms with van der Waals surface area (Å²) in [6.45, 7) is 9.77. The monoisotopic (exact) mass is 474 g/mol. The van der Waals surface area contributed by atoms with Gasteiger partial charge in [0.1, 0.15) is 18.2 Å². The first kappa shape index (κ1) is 25.0. The van der Waals surface area contributed by atoms with E-state index in [-0.39, 0.29) is 23.7 Å². The summed E-state index contributed by atoms with van der Waals surface area (Å²) in [5.74, 6) is 1.88. The number of aryl methyl sites for hydroxylation is 1. The molecule has 0 spiro atoms. The predicted molar refractivity (Wildman–Crippen MR) is 139 cm³/mol. The van der Waals surface area contributed by atoms with Gasteiger partial charge in [0.25, 0.3) is 0 Å². The molecule has 186 valence electrons. The highest BCUT2D eigenvalue weighted by molar-refractivity contribution is 5.71. The van der Waals surface area contributed by atoms with Crippen LogP contribution in [0.25, 0.3) is 0 Å². The maximum atomic E-state index is 12.3. The highest BCUT2D eigenvalue weighted by atomic mass is 16.5. The quantitative estimate of drug-likeness (QED) is 0.326. The van der Waals surface area contributed by atoms with E-state index in [9.17, 15) is 4.79 Å². The highest BCUT2D eigenvalue weighted by Crippen LogP contribution is 2.44. The maximum Gasteiger partial charge on any atom is 0.306 e.